The Balaban J connectivity index is 1.69. The van der Waals surface area contributed by atoms with Gasteiger partial charge in [-0.1, -0.05) is 6.92 Å². The summed E-state index contributed by atoms with van der Waals surface area (Å²) in [6, 6.07) is 2.57. The Labute approximate surface area is 107 Å². The number of thiophene rings is 1. The van der Waals surface area contributed by atoms with Crippen molar-refractivity contribution in [2.75, 3.05) is 26.2 Å². The van der Waals surface area contributed by atoms with Gasteiger partial charge in [0, 0.05) is 12.6 Å². The lowest BCUT2D eigenvalue weighted by Gasteiger charge is -2.32. The molecule has 1 aliphatic rings. The highest BCUT2D eigenvalue weighted by atomic mass is 32.1. The number of nitrogens with one attached hydrogen (secondary N) is 1. The highest BCUT2D eigenvalue weighted by molar-refractivity contribution is 7.07. The molecule has 0 aromatic carbocycles. The van der Waals surface area contributed by atoms with Gasteiger partial charge >= 0.3 is 0 Å². The molecule has 2 N–H and O–H groups in total. The summed E-state index contributed by atoms with van der Waals surface area (Å²) >= 11 is 1.64. The van der Waals surface area contributed by atoms with E-state index in [1.54, 1.807) is 11.3 Å². The Bertz CT molecular complexity index is 307. The van der Waals surface area contributed by atoms with Crippen LogP contribution in [-0.2, 0) is 0 Å². The maximum atomic E-state index is 9.97. The van der Waals surface area contributed by atoms with E-state index < -0.39 is 0 Å². The summed E-state index contributed by atoms with van der Waals surface area (Å²) in [6.45, 7) is 6.41. The molecule has 1 aromatic heterocycles. The molecule has 2 heterocycles. The lowest BCUT2D eigenvalue weighted by Crippen LogP contribution is -2.43. The van der Waals surface area contributed by atoms with E-state index in [9.17, 15) is 5.11 Å². The van der Waals surface area contributed by atoms with Crippen LogP contribution in [0.15, 0.2) is 16.8 Å². The van der Waals surface area contributed by atoms with Gasteiger partial charge in [0.1, 0.15) is 0 Å². The van der Waals surface area contributed by atoms with Crippen molar-refractivity contribution < 1.29 is 5.11 Å². The topological polar surface area (TPSA) is 35.5 Å². The van der Waals surface area contributed by atoms with E-state index in [2.05, 4.69) is 17.1 Å². The van der Waals surface area contributed by atoms with Gasteiger partial charge in [0.2, 0.25) is 0 Å². The average molecular weight is 254 g/mol. The Morgan fingerprint density at radius 3 is 2.88 bits per heavy atom. The third-order valence-corrected chi connectivity index (χ3v) is 4.26. The normalized spacial score (nSPS) is 20.6. The van der Waals surface area contributed by atoms with Gasteiger partial charge in [-0.25, -0.2) is 0 Å². The molecule has 0 spiro atoms. The van der Waals surface area contributed by atoms with Crippen molar-refractivity contribution >= 4 is 11.3 Å². The molecule has 3 nitrogen and oxygen atoms in total. The maximum absolute atomic E-state index is 9.97. The minimum Gasteiger partial charge on any atom is -0.387 e. The summed E-state index contributed by atoms with van der Waals surface area (Å²) in [5, 5.41) is 17.5. The van der Waals surface area contributed by atoms with E-state index >= 15 is 0 Å². The fraction of sp³-hybridized carbons (Fsp3) is 0.692. The summed E-state index contributed by atoms with van der Waals surface area (Å²) < 4.78 is 0. The van der Waals surface area contributed by atoms with E-state index in [0.717, 1.165) is 12.1 Å². The third kappa shape index (κ3) is 3.78. The van der Waals surface area contributed by atoms with Crippen molar-refractivity contribution in [1.29, 1.82) is 0 Å². The molecule has 1 saturated heterocycles. The molecule has 0 bridgehead atoms. The first-order valence-corrected chi connectivity index (χ1v) is 7.39. The second-order valence-corrected chi connectivity index (χ2v) is 5.47. The third-order valence-electron chi connectivity index (χ3n) is 3.56. The predicted octanol–water partition coefficient (Wildman–Crippen LogP) is 1.86. The number of nitrogens with zero attached hydrogens (tertiary/aromatic N) is 1. The van der Waals surface area contributed by atoms with Gasteiger partial charge < -0.3 is 15.3 Å². The van der Waals surface area contributed by atoms with Crippen LogP contribution in [0.1, 0.15) is 31.4 Å². The highest BCUT2D eigenvalue weighted by Gasteiger charge is 2.18. The molecule has 2 rings (SSSR count). The number of piperidine rings is 1. The zero-order valence-corrected chi connectivity index (χ0v) is 11.2. The molecule has 0 radical (unpaired) electrons. The lowest BCUT2D eigenvalue weighted by atomic mass is 10.0. The fourth-order valence-electron chi connectivity index (χ4n) is 2.31. The van der Waals surface area contributed by atoms with Crippen molar-refractivity contribution in [3.8, 4) is 0 Å². The van der Waals surface area contributed by atoms with Crippen LogP contribution in [0.2, 0.25) is 0 Å². The molecule has 96 valence electrons. The maximum Gasteiger partial charge on any atom is 0.0922 e. The van der Waals surface area contributed by atoms with Gasteiger partial charge in [0.25, 0.3) is 0 Å². The van der Waals surface area contributed by atoms with Crippen LogP contribution in [0.25, 0.3) is 0 Å². The van der Waals surface area contributed by atoms with Gasteiger partial charge in [-0.3, -0.25) is 0 Å². The van der Waals surface area contributed by atoms with Crippen molar-refractivity contribution in [2.24, 2.45) is 0 Å². The second-order valence-electron chi connectivity index (χ2n) is 4.69. The first kappa shape index (κ1) is 13.0. The van der Waals surface area contributed by atoms with Crippen molar-refractivity contribution in [1.82, 2.24) is 10.2 Å². The van der Waals surface area contributed by atoms with E-state index in [-0.39, 0.29) is 6.10 Å². The minimum absolute atomic E-state index is 0.356. The van der Waals surface area contributed by atoms with E-state index in [1.807, 2.05) is 16.8 Å². The molecule has 1 unspecified atom stereocenters. The van der Waals surface area contributed by atoms with Crippen LogP contribution in [0.4, 0.5) is 0 Å². The quantitative estimate of drug-likeness (QED) is 0.842. The molecule has 1 aliphatic heterocycles. The smallest absolute Gasteiger partial charge is 0.0922 e. The Morgan fingerprint density at radius 1 is 1.53 bits per heavy atom. The molecule has 0 amide bonds. The fourth-order valence-corrected chi connectivity index (χ4v) is 3.02. The number of hydrogen-bond donors (Lipinski definition) is 2. The molecule has 0 aliphatic carbocycles. The van der Waals surface area contributed by atoms with Crippen molar-refractivity contribution in [3.05, 3.63) is 22.4 Å². The highest BCUT2D eigenvalue weighted by Crippen LogP contribution is 2.16. The standard InChI is InChI=1S/C13H22N2OS/c1-2-15-6-3-12(4-7-15)14-9-13(16)11-5-8-17-10-11/h5,8,10,12-14,16H,2-4,6-7,9H2,1H3. The SMILES string of the molecule is CCN1CCC(NCC(O)c2ccsc2)CC1. The van der Waals surface area contributed by atoms with Crippen LogP contribution in [0, 0.1) is 0 Å². The Morgan fingerprint density at radius 2 is 2.29 bits per heavy atom. The Kier molecular flexibility index (Phi) is 4.98. The second kappa shape index (κ2) is 6.50. The van der Waals surface area contributed by atoms with Crippen LogP contribution < -0.4 is 5.32 Å². The lowest BCUT2D eigenvalue weighted by molar-refractivity contribution is 0.153. The van der Waals surface area contributed by atoms with Gasteiger partial charge in [0.05, 0.1) is 6.10 Å². The minimum atomic E-state index is -0.356. The van der Waals surface area contributed by atoms with Crippen LogP contribution in [0.3, 0.4) is 0 Å². The zero-order valence-electron chi connectivity index (χ0n) is 10.4. The molecule has 1 atom stereocenters. The van der Waals surface area contributed by atoms with E-state index in [4.69, 9.17) is 0 Å². The van der Waals surface area contributed by atoms with Crippen molar-refractivity contribution in [3.63, 3.8) is 0 Å². The van der Waals surface area contributed by atoms with Gasteiger partial charge in [-0.05, 0) is 54.9 Å². The van der Waals surface area contributed by atoms with Crippen molar-refractivity contribution in [2.45, 2.75) is 31.9 Å². The summed E-state index contributed by atoms with van der Waals surface area (Å²) in [6.07, 6.45) is 2.04. The average Bonchev–Trinajstić information content (AvgIpc) is 2.90. The molecular formula is C13H22N2OS. The molecule has 4 heteroatoms. The summed E-state index contributed by atoms with van der Waals surface area (Å²) in [7, 11) is 0. The van der Waals surface area contributed by atoms with Gasteiger partial charge in [-0.15, -0.1) is 0 Å². The summed E-state index contributed by atoms with van der Waals surface area (Å²) in [5.41, 5.74) is 1.04. The first-order valence-electron chi connectivity index (χ1n) is 6.45. The number of aliphatic hydroxyl groups is 1. The van der Waals surface area contributed by atoms with E-state index in [0.29, 0.717) is 12.6 Å². The largest absolute Gasteiger partial charge is 0.387 e. The summed E-state index contributed by atoms with van der Waals surface area (Å²) in [4.78, 5) is 2.48. The molecular weight excluding hydrogens is 232 g/mol. The molecule has 17 heavy (non-hydrogen) atoms. The van der Waals surface area contributed by atoms with Gasteiger partial charge in [-0.2, -0.15) is 11.3 Å². The Hall–Kier alpha value is -0.420. The number of likely N-dealkylation sites (tertiary alicyclic amines) is 1. The van der Waals surface area contributed by atoms with Gasteiger partial charge in [0.15, 0.2) is 0 Å². The van der Waals surface area contributed by atoms with Crippen LogP contribution >= 0.6 is 11.3 Å². The number of rotatable bonds is 5. The van der Waals surface area contributed by atoms with Crippen LogP contribution in [-0.4, -0.2) is 42.2 Å². The molecule has 1 fully saturated rings. The summed E-state index contributed by atoms with van der Waals surface area (Å²) in [5.74, 6) is 0. The predicted molar refractivity (Wildman–Crippen MR) is 72.4 cm³/mol. The molecule has 1 aromatic rings. The van der Waals surface area contributed by atoms with E-state index in [1.165, 1.54) is 25.9 Å². The van der Waals surface area contributed by atoms with Crippen LogP contribution in [0.5, 0.6) is 0 Å². The monoisotopic (exact) mass is 254 g/mol. The zero-order chi connectivity index (χ0) is 12.1. The first-order chi connectivity index (χ1) is 8.29. The molecule has 0 saturated carbocycles. The number of hydrogen-bond acceptors (Lipinski definition) is 4. The number of aliphatic hydroxyl groups excluding tert-OH is 1.